The van der Waals surface area contributed by atoms with Crippen LogP contribution in [0.1, 0.15) is 18.4 Å². The van der Waals surface area contributed by atoms with Crippen LogP contribution < -0.4 is 19.7 Å². The number of nitrogens with one attached hydrogen (secondary N) is 1. The average Bonchev–Trinajstić information content (AvgIpc) is 3.36. The highest BCUT2D eigenvalue weighted by molar-refractivity contribution is 5.98. The number of benzene rings is 2. The summed E-state index contributed by atoms with van der Waals surface area (Å²) in [6.45, 7) is 1.54. The number of methoxy groups -OCH3 is 2. The lowest BCUT2D eigenvalue weighted by atomic mass is 9.96. The lowest BCUT2D eigenvalue weighted by Gasteiger charge is -2.33. The van der Waals surface area contributed by atoms with Crippen LogP contribution in [0.2, 0.25) is 0 Å². The molecule has 2 aromatic carbocycles. The van der Waals surface area contributed by atoms with Crippen LogP contribution in [0.3, 0.4) is 0 Å². The van der Waals surface area contributed by atoms with Gasteiger partial charge in [-0.2, -0.15) is 4.98 Å². The number of ether oxygens (including phenoxy) is 2. The molecule has 0 saturated carbocycles. The minimum Gasteiger partial charge on any atom is -0.497 e. The number of anilines is 1. The zero-order chi connectivity index (χ0) is 25.1. The smallest absolute Gasteiger partial charge is 0.263 e. The van der Waals surface area contributed by atoms with Crippen molar-refractivity contribution >= 4 is 22.8 Å². The van der Waals surface area contributed by atoms with Gasteiger partial charge in [0.2, 0.25) is 5.91 Å². The average molecular weight is 492 g/mol. The van der Waals surface area contributed by atoms with Crippen LogP contribution in [-0.2, 0) is 11.3 Å². The van der Waals surface area contributed by atoms with Gasteiger partial charge in [0.25, 0.3) is 5.71 Å². The van der Waals surface area contributed by atoms with Gasteiger partial charge < -0.3 is 24.2 Å². The summed E-state index contributed by atoms with van der Waals surface area (Å²) in [7, 11) is 3.20. The first-order valence-electron chi connectivity index (χ1n) is 11.7. The molecule has 1 N–H and O–H groups in total. The zero-order valence-corrected chi connectivity index (χ0v) is 20.0. The first-order chi connectivity index (χ1) is 17.6. The normalized spacial score (nSPS) is 15.6. The molecular weight excluding hydrogens is 465 g/mol. The fraction of sp³-hybridized carbons (Fsp3) is 0.308. The van der Waals surface area contributed by atoms with Crippen molar-refractivity contribution < 1.29 is 23.2 Å². The number of hydrogen-bond acceptors (Lipinski definition) is 8. The molecule has 0 aliphatic carbocycles. The Morgan fingerprint density at radius 1 is 1.17 bits per heavy atom. The molecule has 1 aliphatic heterocycles. The van der Waals surface area contributed by atoms with E-state index in [1.54, 1.807) is 26.4 Å². The minimum atomic E-state index is -0.334. The van der Waals surface area contributed by atoms with Gasteiger partial charge in [-0.3, -0.25) is 4.79 Å². The largest absolute Gasteiger partial charge is 0.497 e. The molecule has 3 heterocycles. The molecule has 5 rings (SSSR count). The van der Waals surface area contributed by atoms with E-state index >= 15 is 0 Å². The van der Waals surface area contributed by atoms with Gasteiger partial charge in [0.15, 0.2) is 0 Å². The van der Waals surface area contributed by atoms with Crippen molar-refractivity contribution in [2.24, 2.45) is 5.92 Å². The van der Waals surface area contributed by atoms with Crippen molar-refractivity contribution in [1.29, 1.82) is 0 Å². The minimum absolute atomic E-state index is 0.0426. The van der Waals surface area contributed by atoms with Crippen LogP contribution in [-0.4, -0.2) is 48.3 Å². The van der Waals surface area contributed by atoms with Gasteiger partial charge in [-0.25, -0.2) is 9.37 Å². The summed E-state index contributed by atoms with van der Waals surface area (Å²) in [6, 6.07) is 11.5. The first-order valence-corrected chi connectivity index (χ1v) is 11.7. The third-order valence-electron chi connectivity index (χ3n) is 6.40. The van der Waals surface area contributed by atoms with E-state index in [4.69, 9.17) is 14.0 Å². The van der Waals surface area contributed by atoms with Gasteiger partial charge in [-0.05, 0) is 55.3 Å². The molecule has 2 aromatic heterocycles. The predicted octanol–water partition coefficient (Wildman–Crippen LogP) is 3.97. The number of rotatable bonds is 7. The van der Waals surface area contributed by atoms with Crippen molar-refractivity contribution in [3.8, 4) is 22.8 Å². The van der Waals surface area contributed by atoms with E-state index in [2.05, 4.69) is 25.3 Å². The van der Waals surface area contributed by atoms with E-state index in [0.29, 0.717) is 52.8 Å². The van der Waals surface area contributed by atoms with Crippen molar-refractivity contribution in [1.82, 2.24) is 20.4 Å². The van der Waals surface area contributed by atoms with Crippen molar-refractivity contribution in [3.05, 3.63) is 60.2 Å². The fourth-order valence-electron chi connectivity index (χ4n) is 4.55. The second-order valence-electron chi connectivity index (χ2n) is 8.60. The maximum atomic E-state index is 13.5. The maximum Gasteiger partial charge on any atom is 0.263 e. The molecule has 0 bridgehead atoms. The summed E-state index contributed by atoms with van der Waals surface area (Å²) in [5.41, 5.74) is 2.42. The Morgan fingerprint density at radius 3 is 2.78 bits per heavy atom. The molecule has 1 fully saturated rings. The molecular formula is C26H26FN5O4. The van der Waals surface area contributed by atoms with E-state index in [-0.39, 0.29) is 17.6 Å². The predicted molar refractivity (Wildman–Crippen MR) is 131 cm³/mol. The Morgan fingerprint density at radius 2 is 2.00 bits per heavy atom. The van der Waals surface area contributed by atoms with Gasteiger partial charge in [0, 0.05) is 30.8 Å². The quantitative estimate of drug-likeness (QED) is 0.414. The molecule has 9 nitrogen and oxygen atoms in total. The van der Waals surface area contributed by atoms with Crippen molar-refractivity contribution in [2.45, 2.75) is 19.4 Å². The highest BCUT2D eigenvalue weighted by Gasteiger charge is 2.29. The van der Waals surface area contributed by atoms with Crippen molar-refractivity contribution in [3.63, 3.8) is 0 Å². The van der Waals surface area contributed by atoms with Gasteiger partial charge >= 0.3 is 0 Å². The number of fused-ring (bicyclic) bond motifs is 1. The summed E-state index contributed by atoms with van der Waals surface area (Å²) in [4.78, 5) is 23.9. The van der Waals surface area contributed by atoms with Crippen LogP contribution in [0.25, 0.3) is 22.4 Å². The lowest BCUT2D eigenvalue weighted by molar-refractivity contribution is -0.125. The van der Waals surface area contributed by atoms with Crippen LogP contribution in [0.15, 0.2) is 53.3 Å². The van der Waals surface area contributed by atoms with Crippen LogP contribution in [0.4, 0.5) is 10.2 Å². The Balaban J connectivity index is 1.35. The molecule has 0 unspecified atom stereocenters. The molecule has 10 heteroatoms. The summed E-state index contributed by atoms with van der Waals surface area (Å²) in [6.07, 6.45) is 3.01. The second kappa shape index (κ2) is 10.2. The Hall–Kier alpha value is -4.21. The number of carbonyl (C=O) groups is 1. The Bertz CT molecular complexity index is 1370. The second-order valence-corrected chi connectivity index (χ2v) is 8.60. The monoisotopic (exact) mass is 491 g/mol. The standard InChI is InChI=1S/C26H26FN5O4/c1-34-20-9-10-21(35-2)18(12-20)13-28-25(33)17-4-3-11-32(14-17)24-22-23(16-5-7-19(27)8-6-16)31-36-26(22)30-15-29-24/h5-10,12,15,17H,3-4,11,13-14H2,1-2H3,(H,28,33)/t17-/m0/s1. The van der Waals surface area contributed by atoms with E-state index < -0.39 is 0 Å². The van der Waals surface area contributed by atoms with E-state index in [1.807, 2.05) is 18.2 Å². The summed E-state index contributed by atoms with van der Waals surface area (Å²) in [5, 5.41) is 7.86. The molecule has 0 radical (unpaired) electrons. The molecule has 1 aliphatic rings. The number of carbonyl (C=O) groups excluding carboxylic acids is 1. The molecule has 186 valence electrons. The van der Waals surface area contributed by atoms with E-state index in [1.165, 1.54) is 18.5 Å². The molecule has 4 aromatic rings. The van der Waals surface area contributed by atoms with Gasteiger partial charge in [0.05, 0.1) is 20.1 Å². The number of halogens is 1. The lowest BCUT2D eigenvalue weighted by Crippen LogP contribution is -2.43. The number of aromatic nitrogens is 3. The van der Waals surface area contributed by atoms with E-state index in [9.17, 15) is 9.18 Å². The first kappa shape index (κ1) is 23.5. The number of hydrogen-bond donors (Lipinski definition) is 1. The highest BCUT2D eigenvalue weighted by Crippen LogP contribution is 2.35. The maximum absolute atomic E-state index is 13.5. The highest BCUT2D eigenvalue weighted by atomic mass is 19.1. The van der Waals surface area contributed by atoms with Gasteiger partial charge in [0.1, 0.15) is 40.5 Å². The number of nitrogens with zero attached hydrogens (tertiary/aromatic N) is 4. The molecule has 1 amide bonds. The topological polar surface area (TPSA) is 103 Å². The molecule has 1 atom stereocenters. The Kier molecular flexibility index (Phi) is 6.66. The molecule has 36 heavy (non-hydrogen) atoms. The van der Waals surface area contributed by atoms with Crippen LogP contribution >= 0.6 is 0 Å². The molecule has 1 saturated heterocycles. The summed E-state index contributed by atoms with van der Waals surface area (Å²) >= 11 is 0. The van der Waals surface area contributed by atoms with Crippen molar-refractivity contribution in [2.75, 3.05) is 32.2 Å². The fourth-order valence-corrected chi connectivity index (χ4v) is 4.55. The van der Waals surface area contributed by atoms with Gasteiger partial charge in [-0.1, -0.05) is 5.16 Å². The zero-order valence-electron chi connectivity index (χ0n) is 20.0. The Labute approximate surface area is 207 Å². The number of piperidine rings is 1. The number of amides is 1. The van der Waals surface area contributed by atoms with E-state index in [0.717, 1.165) is 24.9 Å². The van der Waals surface area contributed by atoms with Crippen LogP contribution in [0.5, 0.6) is 11.5 Å². The summed E-state index contributed by atoms with van der Waals surface area (Å²) < 4.78 is 29.6. The van der Waals surface area contributed by atoms with Crippen LogP contribution in [0, 0.1) is 11.7 Å². The van der Waals surface area contributed by atoms with Gasteiger partial charge in [-0.15, -0.1) is 0 Å². The SMILES string of the molecule is COc1ccc(OC)c(CNC(=O)[C@H]2CCCN(c3ncnc4onc(-c5ccc(F)cc5)c34)C2)c1. The molecule has 0 spiro atoms. The third-order valence-corrected chi connectivity index (χ3v) is 6.40. The third kappa shape index (κ3) is 4.66. The summed E-state index contributed by atoms with van der Waals surface area (Å²) in [5.74, 6) is 1.42.